The Bertz CT molecular complexity index is 517. The summed E-state index contributed by atoms with van der Waals surface area (Å²) in [5.41, 5.74) is 1.30. The Balaban J connectivity index is 1.50. The van der Waals surface area contributed by atoms with E-state index in [1.165, 1.54) is 12.0 Å². The number of furan rings is 1. The zero-order chi connectivity index (χ0) is 15.4. The summed E-state index contributed by atoms with van der Waals surface area (Å²) in [6, 6.07) is 3.89. The third kappa shape index (κ3) is 3.80. The first-order chi connectivity index (χ1) is 10.7. The van der Waals surface area contributed by atoms with Gasteiger partial charge in [-0.05, 0) is 44.4 Å². The van der Waals surface area contributed by atoms with Gasteiger partial charge < -0.3 is 9.32 Å². The van der Waals surface area contributed by atoms with Crippen LogP contribution in [-0.2, 0) is 4.79 Å². The van der Waals surface area contributed by atoms with E-state index in [4.69, 9.17) is 4.42 Å². The molecule has 1 aliphatic heterocycles. The Morgan fingerprint density at radius 3 is 2.82 bits per heavy atom. The van der Waals surface area contributed by atoms with Crippen LogP contribution in [0.4, 0.5) is 0 Å². The maximum absolute atomic E-state index is 12.4. The Hall–Kier alpha value is -1.55. The third-order valence-corrected chi connectivity index (χ3v) is 4.76. The monoisotopic (exact) mass is 302 g/mol. The molecule has 2 heterocycles. The van der Waals surface area contributed by atoms with Crippen molar-refractivity contribution in [1.82, 2.24) is 9.80 Å². The molecule has 1 aliphatic carbocycles. The van der Waals surface area contributed by atoms with Crippen molar-refractivity contribution in [2.45, 2.75) is 32.6 Å². The fraction of sp³-hybridized carbons (Fsp3) is 0.611. The van der Waals surface area contributed by atoms with Gasteiger partial charge in [-0.25, -0.2) is 0 Å². The molecule has 0 radical (unpaired) electrons. The molecule has 2 fully saturated rings. The predicted octanol–water partition coefficient (Wildman–Crippen LogP) is 3.02. The topological polar surface area (TPSA) is 36.7 Å². The first kappa shape index (κ1) is 15.3. The molecule has 0 bridgehead atoms. The van der Waals surface area contributed by atoms with E-state index in [-0.39, 0.29) is 0 Å². The van der Waals surface area contributed by atoms with Crippen LogP contribution in [0.1, 0.15) is 38.4 Å². The summed E-state index contributed by atoms with van der Waals surface area (Å²) in [7, 11) is 0. The fourth-order valence-corrected chi connectivity index (χ4v) is 3.28. The minimum atomic E-state index is 0.326. The highest BCUT2D eigenvalue weighted by molar-refractivity contribution is 5.79. The van der Waals surface area contributed by atoms with Gasteiger partial charge in [-0.2, -0.15) is 0 Å². The van der Waals surface area contributed by atoms with E-state index in [9.17, 15) is 4.79 Å². The van der Waals surface area contributed by atoms with E-state index >= 15 is 0 Å². The van der Waals surface area contributed by atoms with Crippen LogP contribution in [0, 0.1) is 5.92 Å². The molecular weight excluding hydrogens is 276 g/mol. The lowest BCUT2D eigenvalue weighted by molar-refractivity contribution is -0.138. The van der Waals surface area contributed by atoms with Gasteiger partial charge in [0.05, 0.1) is 6.26 Å². The van der Waals surface area contributed by atoms with Crippen LogP contribution in [0.3, 0.4) is 0 Å². The Kier molecular flexibility index (Phi) is 4.98. The highest BCUT2D eigenvalue weighted by Gasteiger charge is 2.30. The normalized spacial score (nSPS) is 21.5. The smallest absolute Gasteiger partial charge is 0.225 e. The number of hydrogen-bond acceptors (Lipinski definition) is 3. The summed E-state index contributed by atoms with van der Waals surface area (Å²) in [5, 5.41) is 0. The molecular formula is C18H26N2O2. The van der Waals surface area contributed by atoms with Crippen LogP contribution in [0.25, 0.3) is 6.08 Å². The Morgan fingerprint density at radius 1 is 1.27 bits per heavy atom. The molecule has 22 heavy (non-hydrogen) atoms. The van der Waals surface area contributed by atoms with Gasteiger partial charge >= 0.3 is 0 Å². The molecule has 1 amide bonds. The third-order valence-electron chi connectivity index (χ3n) is 4.76. The quantitative estimate of drug-likeness (QED) is 0.858. The molecule has 2 aliphatic rings. The number of carbonyl (C=O) groups excluding carboxylic acids is 1. The number of amides is 1. The molecule has 1 saturated heterocycles. The van der Waals surface area contributed by atoms with Gasteiger partial charge in [0.15, 0.2) is 0 Å². The molecule has 4 heteroatoms. The zero-order valence-corrected chi connectivity index (χ0v) is 13.5. The van der Waals surface area contributed by atoms with E-state index in [1.54, 1.807) is 6.26 Å². The van der Waals surface area contributed by atoms with Crippen LogP contribution < -0.4 is 0 Å². The number of hydrogen-bond donors (Lipinski definition) is 0. The predicted molar refractivity (Wildman–Crippen MR) is 87.3 cm³/mol. The Labute approximate surface area is 132 Å². The van der Waals surface area contributed by atoms with Gasteiger partial charge in [-0.1, -0.05) is 12.0 Å². The fourth-order valence-electron chi connectivity index (χ4n) is 3.28. The van der Waals surface area contributed by atoms with E-state index in [2.05, 4.69) is 22.8 Å². The summed E-state index contributed by atoms with van der Waals surface area (Å²) < 4.78 is 5.36. The van der Waals surface area contributed by atoms with Gasteiger partial charge in [-0.15, -0.1) is 0 Å². The lowest BCUT2D eigenvalue weighted by Crippen LogP contribution is -2.41. The van der Waals surface area contributed by atoms with E-state index in [0.29, 0.717) is 11.8 Å². The summed E-state index contributed by atoms with van der Waals surface area (Å²) in [6.45, 7) is 6.94. The van der Waals surface area contributed by atoms with Gasteiger partial charge in [0.25, 0.3) is 0 Å². The van der Waals surface area contributed by atoms with Crippen LogP contribution in [-0.4, -0.2) is 48.4 Å². The second-order valence-electron chi connectivity index (χ2n) is 6.59. The highest BCUT2D eigenvalue weighted by Crippen LogP contribution is 2.28. The number of rotatable bonds is 4. The summed E-state index contributed by atoms with van der Waals surface area (Å²) in [4.78, 5) is 16.9. The van der Waals surface area contributed by atoms with Crippen molar-refractivity contribution in [2.24, 2.45) is 5.92 Å². The van der Waals surface area contributed by atoms with E-state index in [0.717, 1.165) is 57.7 Å². The van der Waals surface area contributed by atoms with Crippen molar-refractivity contribution in [1.29, 1.82) is 0 Å². The lowest BCUT2D eigenvalue weighted by Gasteiger charge is -2.31. The average Bonchev–Trinajstić information content (AvgIpc) is 2.81. The molecule has 0 aromatic carbocycles. The van der Waals surface area contributed by atoms with Crippen LogP contribution >= 0.6 is 0 Å². The minimum absolute atomic E-state index is 0.326. The Morgan fingerprint density at radius 2 is 2.14 bits per heavy atom. The molecule has 0 atom stereocenters. The highest BCUT2D eigenvalue weighted by atomic mass is 16.3. The minimum Gasteiger partial charge on any atom is -0.465 e. The van der Waals surface area contributed by atoms with Crippen molar-refractivity contribution < 1.29 is 9.21 Å². The molecule has 1 aromatic heterocycles. The molecule has 0 unspecified atom stereocenters. The maximum Gasteiger partial charge on any atom is 0.225 e. The van der Waals surface area contributed by atoms with Crippen molar-refractivity contribution in [3.8, 4) is 0 Å². The van der Waals surface area contributed by atoms with E-state index in [1.807, 2.05) is 12.1 Å². The summed E-state index contributed by atoms with van der Waals surface area (Å²) in [6.07, 6.45) is 8.31. The van der Waals surface area contributed by atoms with Gasteiger partial charge in [0.2, 0.25) is 5.91 Å². The largest absolute Gasteiger partial charge is 0.465 e. The van der Waals surface area contributed by atoms with Crippen molar-refractivity contribution in [3.05, 3.63) is 29.7 Å². The average molecular weight is 302 g/mol. The van der Waals surface area contributed by atoms with E-state index < -0.39 is 0 Å². The second kappa shape index (κ2) is 7.14. The molecule has 0 spiro atoms. The van der Waals surface area contributed by atoms with Crippen molar-refractivity contribution in [2.75, 3.05) is 32.7 Å². The van der Waals surface area contributed by atoms with Crippen LogP contribution in [0.2, 0.25) is 0 Å². The molecule has 3 rings (SSSR count). The SMILES string of the molecule is C/C(=C\c1ccco1)CN1CCCN(C(=O)C2CCC2)CC1. The van der Waals surface area contributed by atoms with Gasteiger partial charge in [-0.3, -0.25) is 9.69 Å². The first-order valence-electron chi connectivity index (χ1n) is 8.44. The molecule has 0 N–H and O–H groups in total. The summed E-state index contributed by atoms with van der Waals surface area (Å²) in [5.74, 6) is 1.64. The summed E-state index contributed by atoms with van der Waals surface area (Å²) >= 11 is 0. The molecule has 1 aromatic rings. The van der Waals surface area contributed by atoms with Gasteiger partial charge in [0, 0.05) is 38.6 Å². The zero-order valence-electron chi connectivity index (χ0n) is 13.5. The van der Waals surface area contributed by atoms with Crippen molar-refractivity contribution in [3.63, 3.8) is 0 Å². The number of carbonyl (C=O) groups is 1. The van der Waals surface area contributed by atoms with Crippen molar-refractivity contribution >= 4 is 12.0 Å². The lowest BCUT2D eigenvalue weighted by atomic mass is 9.84. The molecule has 4 nitrogen and oxygen atoms in total. The molecule has 1 saturated carbocycles. The maximum atomic E-state index is 12.4. The van der Waals surface area contributed by atoms with Crippen LogP contribution in [0.15, 0.2) is 28.4 Å². The first-order valence-corrected chi connectivity index (χ1v) is 8.44. The number of nitrogens with zero attached hydrogens (tertiary/aromatic N) is 2. The van der Waals surface area contributed by atoms with Crippen LogP contribution in [0.5, 0.6) is 0 Å². The second-order valence-corrected chi connectivity index (χ2v) is 6.59. The standard InChI is InChI=1S/C18H26N2O2/c1-15(13-17-7-3-12-22-17)14-19-8-4-9-20(11-10-19)18(21)16-5-2-6-16/h3,7,12-13,16H,2,4-6,8-11,14H2,1H3/b15-13+. The molecule has 120 valence electrons. The van der Waals surface area contributed by atoms with Gasteiger partial charge in [0.1, 0.15) is 5.76 Å².